The van der Waals surface area contributed by atoms with Crippen molar-refractivity contribution in [2.75, 3.05) is 19.0 Å². The number of nitrogens with one attached hydrogen (secondary N) is 1. The first kappa shape index (κ1) is 19.3. The van der Waals surface area contributed by atoms with Crippen molar-refractivity contribution in [3.05, 3.63) is 58.1 Å². The van der Waals surface area contributed by atoms with Gasteiger partial charge in [0.15, 0.2) is 0 Å². The number of hydrogen-bond donors (Lipinski definition) is 1. The maximum absolute atomic E-state index is 12.5. The van der Waals surface area contributed by atoms with Crippen LogP contribution in [0.4, 0.5) is 5.69 Å². The summed E-state index contributed by atoms with van der Waals surface area (Å²) in [7, 11) is 1.61. The van der Waals surface area contributed by atoms with Gasteiger partial charge in [-0.3, -0.25) is 4.79 Å². The van der Waals surface area contributed by atoms with Gasteiger partial charge < -0.3 is 14.8 Å². The number of benzene rings is 2. The van der Waals surface area contributed by atoms with Gasteiger partial charge in [0.05, 0.1) is 13.7 Å². The third-order valence-corrected chi connectivity index (χ3v) is 4.09. The first-order chi connectivity index (χ1) is 11.9. The summed E-state index contributed by atoms with van der Waals surface area (Å²) >= 11 is 6.11. The molecule has 0 saturated carbocycles. The SMILES string of the molecule is COc1ccc(C(=O)Nc2ccc(C)c(Cl)c2)cc1COCC(C)C. The maximum atomic E-state index is 12.5. The third-order valence-electron chi connectivity index (χ3n) is 3.68. The van der Waals surface area contributed by atoms with Crippen LogP contribution in [0.3, 0.4) is 0 Å². The summed E-state index contributed by atoms with van der Waals surface area (Å²) in [4.78, 5) is 12.5. The number of carbonyl (C=O) groups is 1. The smallest absolute Gasteiger partial charge is 0.255 e. The fraction of sp³-hybridized carbons (Fsp3) is 0.350. The van der Waals surface area contributed by atoms with E-state index in [-0.39, 0.29) is 5.91 Å². The van der Waals surface area contributed by atoms with Gasteiger partial charge in [0.1, 0.15) is 5.75 Å². The lowest BCUT2D eigenvalue weighted by atomic mass is 10.1. The minimum absolute atomic E-state index is 0.201. The van der Waals surface area contributed by atoms with E-state index in [9.17, 15) is 4.79 Å². The van der Waals surface area contributed by atoms with E-state index in [4.69, 9.17) is 21.1 Å². The summed E-state index contributed by atoms with van der Waals surface area (Å²) in [6.07, 6.45) is 0. The molecule has 0 aromatic heterocycles. The number of carbonyl (C=O) groups excluding carboxylic acids is 1. The monoisotopic (exact) mass is 361 g/mol. The Balaban J connectivity index is 2.14. The minimum Gasteiger partial charge on any atom is -0.496 e. The van der Waals surface area contributed by atoms with Crippen molar-refractivity contribution < 1.29 is 14.3 Å². The van der Waals surface area contributed by atoms with Crippen molar-refractivity contribution >= 4 is 23.2 Å². The molecule has 25 heavy (non-hydrogen) atoms. The van der Waals surface area contributed by atoms with Crippen LogP contribution < -0.4 is 10.1 Å². The number of methoxy groups -OCH3 is 1. The van der Waals surface area contributed by atoms with Gasteiger partial charge in [0.25, 0.3) is 5.91 Å². The average Bonchev–Trinajstić information content (AvgIpc) is 2.57. The van der Waals surface area contributed by atoms with Crippen molar-refractivity contribution in [2.45, 2.75) is 27.4 Å². The lowest BCUT2D eigenvalue weighted by Gasteiger charge is -2.13. The predicted octanol–water partition coefficient (Wildman–Crippen LogP) is 5.08. The van der Waals surface area contributed by atoms with E-state index in [1.165, 1.54) is 0 Å². The Morgan fingerprint density at radius 1 is 1.20 bits per heavy atom. The zero-order chi connectivity index (χ0) is 18.4. The van der Waals surface area contributed by atoms with Crippen molar-refractivity contribution in [3.63, 3.8) is 0 Å². The molecule has 0 aliphatic rings. The molecular formula is C20H24ClNO3. The predicted molar refractivity (Wildman–Crippen MR) is 102 cm³/mol. The molecule has 2 aromatic carbocycles. The second kappa shape index (κ2) is 8.88. The van der Waals surface area contributed by atoms with Crippen LogP contribution in [0.25, 0.3) is 0 Å². The Kier molecular flexibility index (Phi) is 6.85. The standard InChI is InChI=1S/C20H24ClNO3/c1-13(2)11-25-12-16-9-15(6-8-19(16)24-4)20(23)22-17-7-5-14(3)18(21)10-17/h5-10,13H,11-12H2,1-4H3,(H,22,23). The highest BCUT2D eigenvalue weighted by molar-refractivity contribution is 6.31. The van der Waals surface area contributed by atoms with Gasteiger partial charge >= 0.3 is 0 Å². The van der Waals surface area contributed by atoms with Crippen LogP contribution in [0.15, 0.2) is 36.4 Å². The van der Waals surface area contributed by atoms with Gasteiger partial charge in [-0.05, 0) is 48.7 Å². The quantitative estimate of drug-likeness (QED) is 0.747. The number of aryl methyl sites for hydroxylation is 1. The van der Waals surface area contributed by atoms with E-state index in [1.807, 2.05) is 19.1 Å². The van der Waals surface area contributed by atoms with Crippen molar-refractivity contribution in [2.24, 2.45) is 5.92 Å². The lowest BCUT2D eigenvalue weighted by Crippen LogP contribution is -2.13. The molecule has 0 atom stereocenters. The van der Waals surface area contributed by atoms with Gasteiger partial charge in [-0.25, -0.2) is 0 Å². The molecule has 0 saturated heterocycles. The molecule has 2 rings (SSSR count). The molecule has 5 heteroatoms. The molecule has 0 bridgehead atoms. The first-order valence-electron chi connectivity index (χ1n) is 8.23. The van der Waals surface area contributed by atoms with Gasteiger partial charge in [0, 0.05) is 28.4 Å². The number of hydrogen-bond acceptors (Lipinski definition) is 3. The highest BCUT2D eigenvalue weighted by Gasteiger charge is 2.12. The first-order valence-corrected chi connectivity index (χ1v) is 8.60. The minimum atomic E-state index is -0.201. The zero-order valence-corrected chi connectivity index (χ0v) is 15.8. The van der Waals surface area contributed by atoms with Gasteiger partial charge in [0.2, 0.25) is 0 Å². The highest BCUT2D eigenvalue weighted by atomic mass is 35.5. The normalized spacial score (nSPS) is 10.8. The van der Waals surface area contributed by atoms with E-state index in [1.54, 1.807) is 31.4 Å². The summed E-state index contributed by atoms with van der Waals surface area (Å²) in [5, 5.41) is 3.48. The Morgan fingerprint density at radius 3 is 2.60 bits per heavy atom. The summed E-state index contributed by atoms with van der Waals surface area (Å²) in [6.45, 7) is 7.16. The largest absolute Gasteiger partial charge is 0.496 e. The van der Waals surface area contributed by atoms with E-state index in [0.717, 1.165) is 11.1 Å². The van der Waals surface area contributed by atoms with E-state index in [0.29, 0.717) is 41.2 Å². The molecule has 0 radical (unpaired) electrons. The van der Waals surface area contributed by atoms with Gasteiger partial charge in [-0.1, -0.05) is 31.5 Å². The lowest BCUT2D eigenvalue weighted by molar-refractivity contribution is 0.0952. The van der Waals surface area contributed by atoms with Crippen LogP contribution in [0.2, 0.25) is 5.02 Å². The molecular weight excluding hydrogens is 338 g/mol. The highest BCUT2D eigenvalue weighted by Crippen LogP contribution is 2.23. The van der Waals surface area contributed by atoms with E-state index in [2.05, 4.69) is 19.2 Å². The topological polar surface area (TPSA) is 47.6 Å². The Bertz CT molecular complexity index is 744. The van der Waals surface area contributed by atoms with Crippen LogP contribution in [0, 0.1) is 12.8 Å². The van der Waals surface area contributed by atoms with Crippen molar-refractivity contribution in [1.29, 1.82) is 0 Å². The summed E-state index contributed by atoms with van der Waals surface area (Å²) < 4.78 is 11.0. The van der Waals surface area contributed by atoms with Crippen molar-refractivity contribution in [1.82, 2.24) is 0 Å². The zero-order valence-electron chi connectivity index (χ0n) is 15.1. The number of halogens is 1. The summed E-state index contributed by atoms with van der Waals surface area (Å²) in [5.41, 5.74) is 3.01. The molecule has 0 fully saturated rings. The molecule has 1 N–H and O–H groups in total. The third kappa shape index (κ3) is 5.48. The molecule has 134 valence electrons. The van der Waals surface area contributed by atoms with Gasteiger partial charge in [-0.2, -0.15) is 0 Å². The molecule has 0 heterocycles. The number of rotatable bonds is 7. The molecule has 2 aromatic rings. The molecule has 0 unspecified atom stereocenters. The van der Waals surface area contributed by atoms with E-state index >= 15 is 0 Å². The average molecular weight is 362 g/mol. The molecule has 0 aliphatic carbocycles. The second-order valence-corrected chi connectivity index (χ2v) is 6.76. The van der Waals surface area contributed by atoms with Crippen LogP contribution >= 0.6 is 11.6 Å². The number of ether oxygens (including phenoxy) is 2. The summed E-state index contributed by atoms with van der Waals surface area (Å²) in [6, 6.07) is 10.8. The Labute approximate surface area is 154 Å². The fourth-order valence-electron chi connectivity index (χ4n) is 2.31. The second-order valence-electron chi connectivity index (χ2n) is 6.35. The Hall–Kier alpha value is -2.04. The molecule has 4 nitrogen and oxygen atoms in total. The summed E-state index contributed by atoms with van der Waals surface area (Å²) in [5.74, 6) is 0.954. The molecule has 0 aliphatic heterocycles. The number of amides is 1. The van der Waals surface area contributed by atoms with Crippen molar-refractivity contribution in [3.8, 4) is 5.75 Å². The van der Waals surface area contributed by atoms with Gasteiger partial charge in [-0.15, -0.1) is 0 Å². The molecule has 1 amide bonds. The molecule has 0 spiro atoms. The fourth-order valence-corrected chi connectivity index (χ4v) is 2.49. The van der Waals surface area contributed by atoms with Crippen LogP contribution in [0.5, 0.6) is 5.75 Å². The van der Waals surface area contributed by atoms with Crippen LogP contribution in [-0.2, 0) is 11.3 Å². The Morgan fingerprint density at radius 2 is 1.96 bits per heavy atom. The van der Waals surface area contributed by atoms with Crippen LogP contribution in [-0.4, -0.2) is 19.6 Å². The number of anilines is 1. The van der Waals surface area contributed by atoms with Crippen LogP contribution in [0.1, 0.15) is 35.3 Å². The van der Waals surface area contributed by atoms with E-state index < -0.39 is 0 Å². The maximum Gasteiger partial charge on any atom is 0.255 e.